The fourth-order valence-corrected chi connectivity index (χ4v) is 1.73. The fourth-order valence-electron chi connectivity index (χ4n) is 1.73. The number of hydrogen-bond acceptors (Lipinski definition) is 5. The number of nitrogens with zero attached hydrogens (tertiary/aromatic N) is 3. The van der Waals surface area contributed by atoms with Crippen molar-refractivity contribution in [3.8, 4) is 0 Å². The van der Waals surface area contributed by atoms with Crippen molar-refractivity contribution in [2.24, 2.45) is 0 Å². The van der Waals surface area contributed by atoms with Crippen LogP contribution in [-0.4, -0.2) is 26.9 Å². The summed E-state index contributed by atoms with van der Waals surface area (Å²) in [6.45, 7) is 0.427. The molecule has 102 valence electrons. The summed E-state index contributed by atoms with van der Waals surface area (Å²) in [6.07, 6.45) is 8.85. The van der Waals surface area contributed by atoms with Crippen molar-refractivity contribution in [1.82, 2.24) is 20.3 Å². The van der Waals surface area contributed by atoms with Crippen LogP contribution < -0.4 is 10.6 Å². The van der Waals surface area contributed by atoms with Gasteiger partial charge in [-0.1, -0.05) is 6.07 Å². The van der Waals surface area contributed by atoms with E-state index in [1.807, 2.05) is 12.1 Å². The lowest BCUT2D eigenvalue weighted by atomic mass is 10.3. The number of pyridine rings is 1. The molecule has 0 aromatic carbocycles. The highest BCUT2D eigenvalue weighted by Gasteiger charge is 2.21. The molecule has 1 aliphatic carbocycles. The van der Waals surface area contributed by atoms with Crippen LogP contribution in [0.5, 0.6) is 0 Å². The van der Waals surface area contributed by atoms with Gasteiger partial charge in [0.15, 0.2) is 0 Å². The van der Waals surface area contributed by atoms with Crippen molar-refractivity contribution in [3.63, 3.8) is 0 Å². The molecule has 2 heterocycles. The van der Waals surface area contributed by atoms with Crippen LogP contribution in [-0.2, 0) is 6.54 Å². The molecule has 6 heteroatoms. The Balaban J connectivity index is 1.56. The number of carbonyl (C=O) groups is 1. The fraction of sp³-hybridized carbons (Fsp3) is 0.286. The van der Waals surface area contributed by atoms with E-state index in [9.17, 15) is 4.79 Å². The Morgan fingerprint density at radius 2 is 2.15 bits per heavy atom. The number of carbonyl (C=O) groups excluding carboxylic acids is 1. The van der Waals surface area contributed by atoms with E-state index < -0.39 is 0 Å². The summed E-state index contributed by atoms with van der Waals surface area (Å²) in [4.78, 5) is 24.2. The van der Waals surface area contributed by atoms with Crippen LogP contribution in [0, 0.1) is 0 Å². The van der Waals surface area contributed by atoms with Crippen molar-refractivity contribution < 1.29 is 4.79 Å². The van der Waals surface area contributed by atoms with Gasteiger partial charge in [-0.2, -0.15) is 0 Å². The van der Waals surface area contributed by atoms with Gasteiger partial charge < -0.3 is 10.6 Å². The van der Waals surface area contributed by atoms with E-state index in [0.29, 0.717) is 18.3 Å². The minimum absolute atomic E-state index is 0.237. The average molecular weight is 269 g/mol. The highest BCUT2D eigenvalue weighted by atomic mass is 16.1. The molecule has 2 aromatic rings. The van der Waals surface area contributed by atoms with Crippen LogP contribution in [0.15, 0.2) is 36.9 Å². The molecule has 0 bridgehead atoms. The largest absolute Gasteiger partial charge is 0.366 e. The van der Waals surface area contributed by atoms with E-state index in [-0.39, 0.29) is 5.91 Å². The van der Waals surface area contributed by atoms with Gasteiger partial charge in [-0.3, -0.25) is 9.78 Å². The molecule has 3 rings (SSSR count). The molecule has 0 spiro atoms. The normalized spacial score (nSPS) is 13.8. The molecule has 20 heavy (non-hydrogen) atoms. The third-order valence-corrected chi connectivity index (χ3v) is 2.99. The highest BCUT2D eigenvalue weighted by molar-refractivity contribution is 5.91. The second-order valence-corrected chi connectivity index (χ2v) is 4.75. The number of nitrogens with one attached hydrogen (secondary N) is 2. The van der Waals surface area contributed by atoms with E-state index in [0.717, 1.165) is 11.4 Å². The number of aromatic nitrogens is 3. The van der Waals surface area contributed by atoms with E-state index in [1.54, 1.807) is 18.6 Å². The van der Waals surface area contributed by atoms with Gasteiger partial charge in [0.05, 0.1) is 12.4 Å². The van der Waals surface area contributed by atoms with Gasteiger partial charge in [-0.25, -0.2) is 9.97 Å². The van der Waals surface area contributed by atoms with Crippen molar-refractivity contribution in [1.29, 1.82) is 0 Å². The van der Waals surface area contributed by atoms with Gasteiger partial charge in [0.25, 0.3) is 5.91 Å². The third-order valence-electron chi connectivity index (χ3n) is 2.99. The summed E-state index contributed by atoms with van der Waals surface area (Å²) in [6, 6.07) is 4.26. The maximum absolute atomic E-state index is 11.9. The average Bonchev–Trinajstić information content (AvgIpc) is 3.31. The molecule has 1 amide bonds. The lowest BCUT2D eigenvalue weighted by molar-refractivity contribution is 0.0945. The molecular formula is C14H15N5O. The number of hydrogen-bond donors (Lipinski definition) is 2. The van der Waals surface area contributed by atoms with E-state index in [1.165, 1.54) is 19.0 Å². The molecule has 2 N–H and O–H groups in total. The summed E-state index contributed by atoms with van der Waals surface area (Å²) in [7, 11) is 0. The maximum atomic E-state index is 11.9. The van der Waals surface area contributed by atoms with Crippen molar-refractivity contribution >= 4 is 11.7 Å². The third kappa shape index (κ3) is 3.28. The van der Waals surface area contributed by atoms with Crippen LogP contribution in [0.1, 0.15) is 28.9 Å². The SMILES string of the molecule is O=C(NCc1cccnc1)c1cnc(NC2CC2)cn1. The first-order valence-corrected chi connectivity index (χ1v) is 6.57. The molecule has 0 radical (unpaired) electrons. The molecule has 0 saturated heterocycles. The first-order chi connectivity index (χ1) is 9.81. The Hall–Kier alpha value is -2.50. The van der Waals surface area contributed by atoms with Crippen LogP contribution in [0.25, 0.3) is 0 Å². The quantitative estimate of drug-likeness (QED) is 0.857. The van der Waals surface area contributed by atoms with Crippen LogP contribution in [0.3, 0.4) is 0 Å². The molecule has 1 aliphatic rings. The summed E-state index contributed by atoms with van der Waals surface area (Å²) in [5.41, 5.74) is 1.26. The molecule has 0 unspecified atom stereocenters. The molecule has 6 nitrogen and oxygen atoms in total. The van der Waals surface area contributed by atoms with Gasteiger partial charge in [0.1, 0.15) is 11.5 Å². The van der Waals surface area contributed by atoms with E-state index in [4.69, 9.17) is 0 Å². The standard InChI is InChI=1S/C14H15N5O/c20-14(18-7-10-2-1-5-15-6-10)12-8-17-13(9-16-12)19-11-3-4-11/h1-2,5-6,8-9,11H,3-4,7H2,(H,17,19)(H,18,20). The van der Waals surface area contributed by atoms with Gasteiger partial charge >= 0.3 is 0 Å². The molecule has 1 fully saturated rings. The molecule has 0 aliphatic heterocycles. The molecule has 0 atom stereocenters. The van der Waals surface area contributed by atoms with Crippen molar-refractivity contribution in [3.05, 3.63) is 48.2 Å². The monoisotopic (exact) mass is 269 g/mol. The van der Waals surface area contributed by atoms with Crippen LogP contribution in [0.4, 0.5) is 5.82 Å². The maximum Gasteiger partial charge on any atom is 0.271 e. The molecule has 1 saturated carbocycles. The summed E-state index contributed by atoms with van der Waals surface area (Å²) in [5.74, 6) is 0.482. The second kappa shape index (κ2) is 5.64. The van der Waals surface area contributed by atoms with Gasteiger partial charge in [-0.15, -0.1) is 0 Å². The Kier molecular flexibility index (Phi) is 3.54. The molecule has 2 aromatic heterocycles. The van der Waals surface area contributed by atoms with Crippen LogP contribution >= 0.6 is 0 Å². The smallest absolute Gasteiger partial charge is 0.271 e. The Bertz CT molecular complexity index is 580. The topological polar surface area (TPSA) is 79.8 Å². The Labute approximate surface area is 116 Å². The summed E-state index contributed by atoms with van der Waals surface area (Å²) < 4.78 is 0. The predicted octanol–water partition coefficient (Wildman–Crippen LogP) is 1.38. The number of anilines is 1. The van der Waals surface area contributed by atoms with E-state index in [2.05, 4.69) is 25.6 Å². The van der Waals surface area contributed by atoms with Gasteiger partial charge in [0.2, 0.25) is 0 Å². The minimum atomic E-state index is -0.237. The van der Waals surface area contributed by atoms with Crippen molar-refractivity contribution in [2.45, 2.75) is 25.4 Å². The van der Waals surface area contributed by atoms with Gasteiger partial charge in [0, 0.05) is 25.0 Å². The Morgan fingerprint density at radius 1 is 1.25 bits per heavy atom. The Morgan fingerprint density at radius 3 is 2.80 bits per heavy atom. The zero-order valence-electron chi connectivity index (χ0n) is 10.9. The highest BCUT2D eigenvalue weighted by Crippen LogP contribution is 2.23. The van der Waals surface area contributed by atoms with Gasteiger partial charge in [-0.05, 0) is 24.5 Å². The predicted molar refractivity (Wildman–Crippen MR) is 74.1 cm³/mol. The van der Waals surface area contributed by atoms with Crippen molar-refractivity contribution in [2.75, 3.05) is 5.32 Å². The minimum Gasteiger partial charge on any atom is -0.366 e. The number of amides is 1. The summed E-state index contributed by atoms with van der Waals surface area (Å²) >= 11 is 0. The zero-order chi connectivity index (χ0) is 13.8. The molecular weight excluding hydrogens is 254 g/mol. The summed E-state index contributed by atoms with van der Waals surface area (Å²) in [5, 5.41) is 6.01. The van der Waals surface area contributed by atoms with E-state index >= 15 is 0 Å². The lowest BCUT2D eigenvalue weighted by Crippen LogP contribution is -2.24. The zero-order valence-corrected chi connectivity index (χ0v) is 10.9. The first kappa shape index (κ1) is 12.5. The number of rotatable bonds is 5. The lowest BCUT2D eigenvalue weighted by Gasteiger charge is -2.06. The second-order valence-electron chi connectivity index (χ2n) is 4.75. The first-order valence-electron chi connectivity index (χ1n) is 6.57. The van der Waals surface area contributed by atoms with Crippen LogP contribution in [0.2, 0.25) is 0 Å².